The van der Waals surface area contributed by atoms with Crippen LogP contribution in [0.1, 0.15) is 23.5 Å². The molecule has 2 aromatic carbocycles. The highest BCUT2D eigenvalue weighted by Gasteiger charge is 2.34. The third-order valence-corrected chi connectivity index (χ3v) is 4.49. The van der Waals surface area contributed by atoms with Gasteiger partial charge in [0.2, 0.25) is 0 Å². The van der Waals surface area contributed by atoms with Crippen LogP contribution in [0.3, 0.4) is 0 Å². The average Bonchev–Trinajstić information content (AvgIpc) is 2.96. The standard InChI is InChI=1S/C21H18F3NO2/c1-2-3-12-25(14-21(22,23)24)20(26)27-13-19-17-10-6-4-8-15(17)16-9-5-7-11-18(16)19/h1,4-11,19H,3,12-14H2. The van der Waals surface area contributed by atoms with Gasteiger partial charge >= 0.3 is 12.3 Å². The first-order valence-corrected chi connectivity index (χ1v) is 8.51. The first-order valence-electron chi connectivity index (χ1n) is 8.51. The Labute approximate surface area is 155 Å². The van der Waals surface area contributed by atoms with Gasteiger partial charge in [0, 0.05) is 18.9 Å². The van der Waals surface area contributed by atoms with Crippen molar-refractivity contribution in [3.63, 3.8) is 0 Å². The molecular weight excluding hydrogens is 355 g/mol. The van der Waals surface area contributed by atoms with E-state index in [-0.39, 0.29) is 25.5 Å². The fourth-order valence-electron chi connectivity index (χ4n) is 3.34. The highest BCUT2D eigenvalue weighted by molar-refractivity contribution is 5.79. The van der Waals surface area contributed by atoms with Crippen molar-refractivity contribution in [3.8, 4) is 23.5 Å². The van der Waals surface area contributed by atoms with Gasteiger partial charge in [0.1, 0.15) is 13.2 Å². The molecule has 0 spiro atoms. The molecule has 0 radical (unpaired) electrons. The van der Waals surface area contributed by atoms with Crippen molar-refractivity contribution in [1.29, 1.82) is 0 Å². The average molecular weight is 373 g/mol. The summed E-state index contributed by atoms with van der Waals surface area (Å²) < 4.78 is 43.4. The Hall–Kier alpha value is -2.94. The molecule has 0 aromatic heterocycles. The first-order chi connectivity index (χ1) is 12.9. The van der Waals surface area contributed by atoms with Crippen molar-refractivity contribution in [2.45, 2.75) is 18.5 Å². The molecule has 0 N–H and O–H groups in total. The molecule has 0 saturated heterocycles. The first kappa shape index (κ1) is 18.8. The summed E-state index contributed by atoms with van der Waals surface area (Å²) >= 11 is 0. The van der Waals surface area contributed by atoms with Crippen molar-refractivity contribution in [1.82, 2.24) is 4.90 Å². The number of rotatable bonds is 5. The lowest BCUT2D eigenvalue weighted by Gasteiger charge is -2.23. The number of nitrogens with zero attached hydrogens (tertiary/aromatic N) is 1. The van der Waals surface area contributed by atoms with Crippen LogP contribution in [-0.2, 0) is 4.74 Å². The predicted octanol–water partition coefficient (Wildman–Crippen LogP) is 4.82. The molecule has 6 heteroatoms. The number of carbonyl (C=O) groups is 1. The summed E-state index contributed by atoms with van der Waals surface area (Å²) in [5.74, 6) is 2.04. The second-order valence-electron chi connectivity index (χ2n) is 6.29. The molecule has 0 heterocycles. The normalized spacial score (nSPS) is 12.8. The van der Waals surface area contributed by atoms with Gasteiger partial charge in [-0.15, -0.1) is 12.3 Å². The van der Waals surface area contributed by atoms with Crippen LogP contribution in [0, 0.1) is 12.3 Å². The largest absolute Gasteiger partial charge is 0.448 e. The SMILES string of the molecule is C#CCCN(CC(F)(F)F)C(=O)OCC1c2ccccc2-c2ccccc21. The molecule has 27 heavy (non-hydrogen) atoms. The number of amides is 1. The van der Waals surface area contributed by atoms with E-state index in [4.69, 9.17) is 11.2 Å². The van der Waals surface area contributed by atoms with E-state index in [1.165, 1.54) is 0 Å². The van der Waals surface area contributed by atoms with Crippen LogP contribution in [-0.4, -0.2) is 36.9 Å². The Kier molecular flexibility index (Phi) is 5.41. The number of ether oxygens (including phenoxy) is 1. The zero-order chi connectivity index (χ0) is 19.4. The molecule has 3 nitrogen and oxygen atoms in total. The van der Waals surface area contributed by atoms with Crippen LogP contribution in [0.4, 0.5) is 18.0 Å². The maximum absolute atomic E-state index is 12.7. The van der Waals surface area contributed by atoms with E-state index < -0.39 is 18.8 Å². The minimum Gasteiger partial charge on any atom is -0.448 e. The summed E-state index contributed by atoms with van der Waals surface area (Å²) in [6, 6.07) is 15.5. The molecule has 1 aliphatic rings. The highest BCUT2D eigenvalue weighted by atomic mass is 19.4. The minimum absolute atomic E-state index is 0.0281. The summed E-state index contributed by atoms with van der Waals surface area (Å²) in [7, 11) is 0. The zero-order valence-electron chi connectivity index (χ0n) is 14.5. The smallest absolute Gasteiger partial charge is 0.410 e. The Balaban J connectivity index is 1.75. The van der Waals surface area contributed by atoms with Gasteiger partial charge < -0.3 is 4.74 Å². The molecular formula is C21H18F3NO2. The number of benzene rings is 2. The fraction of sp³-hybridized carbons (Fsp3) is 0.286. The molecule has 0 saturated carbocycles. The number of terminal acetylenes is 1. The maximum Gasteiger partial charge on any atom is 0.410 e. The molecule has 0 bridgehead atoms. The van der Waals surface area contributed by atoms with Gasteiger partial charge in [-0.25, -0.2) is 4.79 Å². The molecule has 0 atom stereocenters. The predicted molar refractivity (Wildman–Crippen MR) is 96.1 cm³/mol. The van der Waals surface area contributed by atoms with Crippen LogP contribution in [0.5, 0.6) is 0 Å². The van der Waals surface area contributed by atoms with E-state index >= 15 is 0 Å². The third kappa shape index (κ3) is 4.25. The van der Waals surface area contributed by atoms with Crippen molar-refractivity contribution in [2.75, 3.05) is 19.7 Å². The van der Waals surface area contributed by atoms with E-state index in [0.717, 1.165) is 22.3 Å². The maximum atomic E-state index is 12.7. The molecule has 0 fully saturated rings. The molecule has 140 valence electrons. The van der Waals surface area contributed by atoms with E-state index in [1.54, 1.807) is 0 Å². The minimum atomic E-state index is -4.51. The van der Waals surface area contributed by atoms with Crippen molar-refractivity contribution < 1.29 is 22.7 Å². The molecule has 0 aliphatic heterocycles. The fourth-order valence-corrected chi connectivity index (χ4v) is 3.34. The topological polar surface area (TPSA) is 29.5 Å². The molecule has 1 aliphatic carbocycles. The summed E-state index contributed by atoms with van der Waals surface area (Å²) in [5, 5.41) is 0. The summed E-state index contributed by atoms with van der Waals surface area (Å²) in [6.07, 6.45) is -0.385. The van der Waals surface area contributed by atoms with Crippen LogP contribution in [0.25, 0.3) is 11.1 Å². The van der Waals surface area contributed by atoms with Crippen LogP contribution >= 0.6 is 0 Å². The van der Waals surface area contributed by atoms with E-state index in [1.807, 2.05) is 48.5 Å². The number of alkyl halides is 3. The third-order valence-electron chi connectivity index (χ3n) is 4.49. The molecule has 2 aromatic rings. The Bertz CT molecular complexity index is 825. The Morgan fingerprint density at radius 2 is 1.63 bits per heavy atom. The summed E-state index contributed by atoms with van der Waals surface area (Å²) in [6.45, 7) is -1.62. The quantitative estimate of drug-likeness (QED) is 0.703. The van der Waals surface area contributed by atoms with E-state index in [0.29, 0.717) is 4.90 Å². The van der Waals surface area contributed by atoms with Gasteiger partial charge in [0.25, 0.3) is 0 Å². The lowest BCUT2D eigenvalue weighted by Crippen LogP contribution is -2.40. The van der Waals surface area contributed by atoms with Crippen molar-refractivity contribution in [2.24, 2.45) is 0 Å². The number of hydrogen-bond donors (Lipinski definition) is 0. The van der Waals surface area contributed by atoms with Gasteiger partial charge in [-0.2, -0.15) is 13.2 Å². The Morgan fingerprint density at radius 1 is 1.07 bits per heavy atom. The van der Waals surface area contributed by atoms with Crippen LogP contribution in [0.15, 0.2) is 48.5 Å². The van der Waals surface area contributed by atoms with E-state index in [2.05, 4.69) is 5.92 Å². The summed E-state index contributed by atoms with van der Waals surface area (Å²) in [5.41, 5.74) is 4.09. The number of hydrogen-bond acceptors (Lipinski definition) is 2. The molecule has 1 amide bonds. The molecule has 0 unspecified atom stereocenters. The second kappa shape index (κ2) is 7.75. The van der Waals surface area contributed by atoms with Gasteiger partial charge in [-0.05, 0) is 22.3 Å². The van der Waals surface area contributed by atoms with Crippen LogP contribution in [0.2, 0.25) is 0 Å². The lowest BCUT2D eigenvalue weighted by atomic mass is 9.98. The number of fused-ring (bicyclic) bond motifs is 3. The Morgan fingerprint density at radius 3 is 2.15 bits per heavy atom. The highest BCUT2D eigenvalue weighted by Crippen LogP contribution is 2.44. The zero-order valence-corrected chi connectivity index (χ0v) is 14.5. The summed E-state index contributed by atoms with van der Waals surface area (Å²) in [4.78, 5) is 12.8. The number of carbonyl (C=O) groups excluding carboxylic acids is 1. The van der Waals surface area contributed by atoms with Gasteiger partial charge in [0.15, 0.2) is 0 Å². The van der Waals surface area contributed by atoms with Crippen molar-refractivity contribution in [3.05, 3.63) is 59.7 Å². The molecule has 3 rings (SSSR count). The van der Waals surface area contributed by atoms with Crippen LogP contribution < -0.4 is 0 Å². The van der Waals surface area contributed by atoms with E-state index in [9.17, 15) is 18.0 Å². The van der Waals surface area contributed by atoms with Crippen molar-refractivity contribution >= 4 is 6.09 Å². The lowest BCUT2D eigenvalue weighted by molar-refractivity contribution is -0.142. The van der Waals surface area contributed by atoms with Gasteiger partial charge in [-0.1, -0.05) is 48.5 Å². The van der Waals surface area contributed by atoms with Gasteiger partial charge in [0.05, 0.1) is 0 Å². The monoisotopic (exact) mass is 373 g/mol. The van der Waals surface area contributed by atoms with Gasteiger partial charge in [-0.3, -0.25) is 4.90 Å². The number of halogens is 3. The second-order valence-corrected chi connectivity index (χ2v) is 6.29.